The molecule has 0 fully saturated rings. The third-order valence-corrected chi connectivity index (χ3v) is 3.81. The first-order chi connectivity index (χ1) is 8.96. The second-order valence-corrected chi connectivity index (χ2v) is 5.78. The molecule has 0 saturated carbocycles. The van der Waals surface area contributed by atoms with Crippen molar-refractivity contribution in [1.29, 1.82) is 0 Å². The number of aryl methyl sites for hydroxylation is 1. The molecule has 0 unspecified atom stereocenters. The number of nitrogens with two attached hydrogens (primary N) is 1. The lowest BCUT2D eigenvalue weighted by Crippen LogP contribution is -2.50. The Kier molecular flexibility index (Phi) is 3.92. The van der Waals surface area contributed by atoms with Crippen LogP contribution in [-0.2, 0) is 17.8 Å². The lowest BCUT2D eigenvalue weighted by Gasteiger charge is -2.36. The fourth-order valence-electron chi connectivity index (χ4n) is 2.39. The molecule has 1 aromatic carbocycles. The van der Waals surface area contributed by atoms with Gasteiger partial charge in [-0.15, -0.1) is 0 Å². The van der Waals surface area contributed by atoms with Gasteiger partial charge in [-0.2, -0.15) is 0 Å². The van der Waals surface area contributed by atoms with Gasteiger partial charge in [0.2, 0.25) is 5.91 Å². The zero-order chi connectivity index (χ0) is 14.0. The van der Waals surface area contributed by atoms with E-state index in [1.165, 1.54) is 5.56 Å². The zero-order valence-electron chi connectivity index (χ0n) is 12.0. The SMILES string of the molecule is CNC(C)(C)CN1C(=O)CCc2cc(CN)ccc21. The molecule has 4 heteroatoms. The molecule has 0 spiro atoms. The van der Waals surface area contributed by atoms with Crippen LogP contribution in [0, 0.1) is 0 Å². The molecule has 0 aliphatic carbocycles. The van der Waals surface area contributed by atoms with Gasteiger partial charge in [-0.3, -0.25) is 4.79 Å². The van der Waals surface area contributed by atoms with Crippen molar-refractivity contribution in [3.05, 3.63) is 29.3 Å². The molecule has 104 valence electrons. The van der Waals surface area contributed by atoms with E-state index in [0.717, 1.165) is 17.7 Å². The third-order valence-electron chi connectivity index (χ3n) is 3.81. The van der Waals surface area contributed by atoms with Crippen LogP contribution >= 0.6 is 0 Å². The third kappa shape index (κ3) is 2.96. The van der Waals surface area contributed by atoms with Crippen LogP contribution in [0.3, 0.4) is 0 Å². The highest BCUT2D eigenvalue weighted by Gasteiger charge is 2.29. The smallest absolute Gasteiger partial charge is 0.227 e. The van der Waals surface area contributed by atoms with Gasteiger partial charge in [0.05, 0.1) is 0 Å². The summed E-state index contributed by atoms with van der Waals surface area (Å²) in [5, 5.41) is 3.25. The number of rotatable bonds is 4. The highest BCUT2D eigenvalue weighted by atomic mass is 16.2. The van der Waals surface area contributed by atoms with E-state index in [9.17, 15) is 4.79 Å². The minimum atomic E-state index is -0.100. The topological polar surface area (TPSA) is 58.4 Å². The van der Waals surface area contributed by atoms with Crippen LogP contribution in [0.15, 0.2) is 18.2 Å². The Morgan fingerprint density at radius 2 is 2.11 bits per heavy atom. The van der Waals surface area contributed by atoms with E-state index in [2.05, 4.69) is 25.2 Å². The molecule has 1 aromatic rings. The van der Waals surface area contributed by atoms with Crippen LogP contribution in [0.5, 0.6) is 0 Å². The summed E-state index contributed by atoms with van der Waals surface area (Å²) in [5.41, 5.74) is 8.97. The van der Waals surface area contributed by atoms with Gasteiger partial charge in [0, 0.05) is 30.7 Å². The molecular weight excluding hydrogens is 238 g/mol. The molecule has 1 aliphatic heterocycles. The second-order valence-electron chi connectivity index (χ2n) is 5.78. The molecule has 0 saturated heterocycles. The van der Waals surface area contributed by atoms with E-state index in [1.807, 2.05) is 24.1 Å². The highest BCUT2D eigenvalue weighted by Crippen LogP contribution is 2.29. The summed E-state index contributed by atoms with van der Waals surface area (Å²) in [5.74, 6) is 0.205. The molecular formula is C15H23N3O. The molecule has 2 rings (SSSR count). The average molecular weight is 261 g/mol. The predicted octanol–water partition coefficient (Wildman–Crippen LogP) is 1.42. The number of amides is 1. The number of hydrogen-bond donors (Lipinski definition) is 2. The summed E-state index contributed by atoms with van der Waals surface area (Å²) < 4.78 is 0. The van der Waals surface area contributed by atoms with Crippen molar-refractivity contribution in [3.63, 3.8) is 0 Å². The number of fused-ring (bicyclic) bond motifs is 1. The molecule has 0 aromatic heterocycles. The predicted molar refractivity (Wildman–Crippen MR) is 78.1 cm³/mol. The number of nitrogens with zero attached hydrogens (tertiary/aromatic N) is 1. The Hall–Kier alpha value is -1.39. The average Bonchev–Trinajstić information content (AvgIpc) is 2.41. The van der Waals surface area contributed by atoms with Crippen LogP contribution < -0.4 is 16.0 Å². The van der Waals surface area contributed by atoms with Crippen molar-refractivity contribution in [2.45, 2.75) is 38.8 Å². The molecule has 0 atom stereocenters. The Morgan fingerprint density at radius 1 is 1.37 bits per heavy atom. The molecule has 1 amide bonds. The van der Waals surface area contributed by atoms with E-state index in [1.54, 1.807) is 0 Å². The van der Waals surface area contributed by atoms with Gasteiger partial charge in [-0.05, 0) is 44.5 Å². The number of benzene rings is 1. The summed E-state index contributed by atoms with van der Waals surface area (Å²) in [6, 6.07) is 6.16. The summed E-state index contributed by atoms with van der Waals surface area (Å²) in [7, 11) is 1.92. The van der Waals surface area contributed by atoms with Crippen molar-refractivity contribution < 1.29 is 4.79 Å². The monoisotopic (exact) mass is 261 g/mol. The van der Waals surface area contributed by atoms with Gasteiger partial charge < -0.3 is 16.0 Å². The van der Waals surface area contributed by atoms with Crippen LogP contribution in [0.2, 0.25) is 0 Å². The maximum absolute atomic E-state index is 12.2. The highest BCUT2D eigenvalue weighted by molar-refractivity contribution is 5.96. The van der Waals surface area contributed by atoms with Crippen molar-refractivity contribution in [2.24, 2.45) is 5.73 Å². The first-order valence-corrected chi connectivity index (χ1v) is 6.78. The Labute approximate surface area is 115 Å². The van der Waals surface area contributed by atoms with Gasteiger partial charge in [0.15, 0.2) is 0 Å². The largest absolute Gasteiger partial charge is 0.326 e. The number of likely N-dealkylation sites (N-methyl/N-ethyl adjacent to an activating group) is 1. The van der Waals surface area contributed by atoms with Crippen LogP contribution in [0.25, 0.3) is 0 Å². The summed E-state index contributed by atoms with van der Waals surface area (Å²) in [4.78, 5) is 14.1. The Morgan fingerprint density at radius 3 is 2.74 bits per heavy atom. The van der Waals surface area contributed by atoms with Crippen molar-refractivity contribution in [3.8, 4) is 0 Å². The second kappa shape index (κ2) is 5.31. The van der Waals surface area contributed by atoms with Crippen molar-refractivity contribution >= 4 is 11.6 Å². The number of hydrogen-bond acceptors (Lipinski definition) is 3. The number of nitrogens with one attached hydrogen (secondary N) is 1. The van der Waals surface area contributed by atoms with Crippen molar-refractivity contribution in [2.75, 3.05) is 18.5 Å². The molecule has 19 heavy (non-hydrogen) atoms. The lowest BCUT2D eigenvalue weighted by atomic mass is 9.96. The number of anilines is 1. The first-order valence-electron chi connectivity index (χ1n) is 6.78. The van der Waals surface area contributed by atoms with Crippen molar-refractivity contribution in [1.82, 2.24) is 5.32 Å². The van der Waals surface area contributed by atoms with Gasteiger partial charge in [-0.25, -0.2) is 0 Å². The van der Waals surface area contributed by atoms with Crippen LogP contribution in [0.1, 0.15) is 31.4 Å². The molecule has 4 nitrogen and oxygen atoms in total. The lowest BCUT2D eigenvalue weighted by molar-refractivity contribution is -0.119. The molecule has 1 aliphatic rings. The van der Waals surface area contributed by atoms with Gasteiger partial charge >= 0.3 is 0 Å². The summed E-state index contributed by atoms with van der Waals surface area (Å²) in [6.45, 7) is 5.42. The maximum Gasteiger partial charge on any atom is 0.227 e. The Bertz CT molecular complexity index is 482. The van der Waals surface area contributed by atoms with Crippen LogP contribution in [0.4, 0.5) is 5.69 Å². The minimum absolute atomic E-state index is 0.100. The van der Waals surface area contributed by atoms with E-state index < -0.39 is 0 Å². The first kappa shape index (κ1) is 14.0. The molecule has 0 radical (unpaired) electrons. The van der Waals surface area contributed by atoms with E-state index >= 15 is 0 Å². The summed E-state index contributed by atoms with van der Waals surface area (Å²) in [6.07, 6.45) is 1.40. The Balaban J connectivity index is 2.33. The summed E-state index contributed by atoms with van der Waals surface area (Å²) >= 11 is 0. The fourth-order valence-corrected chi connectivity index (χ4v) is 2.39. The number of carbonyl (C=O) groups excluding carboxylic acids is 1. The standard InChI is InChI=1S/C15H23N3O/c1-15(2,17-3)10-18-13-6-4-11(9-16)8-12(13)5-7-14(18)19/h4,6,8,17H,5,7,9-10,16H2,1-3H3. The zero-order valence-corrected chi connectivity index (χ0v) is 12.0. The maximum atomic E-state index is 12.2. The van der Waals surface area contributed by atoms with E-state index in [-0.39, 0.29) is 11.4 Å². The van der Waals surface area contributed by atoms with E-state index in [4.69, 9.17) is 5.73 Å². The van der Waals surface area contributed by atoms with Gasteiger partial charge in [0.25, 0.3) is 0 Å². The quantitative estimate of drug-likeness (QED) is 0.862. The van der Waals surface area contributed by atoms with Crippen LogP contribution in [-0.4, -0.2) is 25.0 Å². The molecule has 0 bridgehead atoms. The fraction of sp³-hybridized carbons (Fsp3) is 0.533. The van der Waals surface area contributed by atoms with E-state index in [0.29, 0.717) is 19.5 Å². The van der Waals surface area contributed by atoms with Gasteiger partial charge in [-0.1, -0.05) is 12.1 Å². The van der Waals surface area contributed by atoms with Gasteiger partial charge in [0.1, 0.15) is 0 Å². The minimum Gasteiger partial charge on any atom is -0.326 e. The molecule has 1 heterocycles. The molecule has 3 N–H and O–H groups in total. The number of carbonyl (C=O) groups is 1. The normalized spacial score (nSPS) is 15.6.